The van der Waals surface area contributed by atoms with E-state index in [1.807, 2.05) is 24.3 Å². The molecule has 1 aromatic carbocycles. The number of likely N-dealkylation sites (tertiary alicyclic amines) is 1. The van der Waals surface area contributed by atoms with E-state index in [4.69, 9.17) is 4.74 Å². The smallest absolute Gasteiger partial charge is 0.225 e. The average molecular weight is 357 g/mol. The number of benzene rings is 1. The van der Waals surface area contributed by atoms with Gasteiger partial charge in [0.1, 0.15) is 12.7 Å². The Hall–Kier alpha value is -2.74. The quantitative estimate of drug-likeness (QED) is 0.791. The van der Waals surface area contributed by atoms with Crippen molar-refractivity contribution in [1.82, 2.24) is 25.0 Å². The van der Waals surface area contributed by atoms with Crippen LogP contribution in [-0.2, 0) is 20.9 Å². The molecule has 8 heteroatoms. The van der Waals surface area contributed by atoms with E-state index >= 15 is 0 Å². The van der Waals surface area contributed by atoms with Gasteiger partial charge in [0.25, 0.3) is 0 Å². The van der Waals surface area contributed by atoms with Crippen molar-refractivity contribution in [2.24, 2.45) is 5.92 Å². The maximum absolute atomic E-state index is 12.4. The lowest BCUT2D eigenvalue weighted by atomic mass is 9.96. The second kappa shape index (κ2) is 8.57. The van der Waals surface area contributed by atoms with Crippen molar-refractivity contribution in [2.75, 3.05) is 26.8 Å². The molecule has 2 aromatic rings. The molecule has 0 spiro atoms. The summed E-state index contributed by atoms with van der Waals surface area (Å²) in [7, 11) is 1.60. The summed E-state index contributed by atoms with van der Waals surface area (Å²) in [6, 6.07) is 7.77. The number of hydrogen-bond acceptors (Lipinski definition) is 5. The number of nitrogens with one attached hydrogen (secondary N) is 1. The van der Waals surface area contributed by atoms with Crippen LogP contribution >= 0.6 is 0 Å². The van der Waals surface area contributed by atoms with Gasteiger partial charge in [-0.2, -0.15) is 5.10 Å². The Morgan fingerprint density at radius 3 is 2.85 bits per heavy atom. The minimum Gasteiger partial charge on any atom is -0.383 e. The molecule has 0 bridgehead atoms. The van der Waals surface area contributed by atoms with E-state index in [9.17, 15) is 9.59 Å². The van der Waals surface area contributed by atoms with Gasteiger partial charge >= 0.3 is 0 Å². The number of ether oxygens (including phenoxy) is 1. The number of amides is 2. The van der Waals surface area contributed by atoms with Crippen molar-refractivity contribution in [3.63, 3.8) is 0 Å². The molecule has 1 fully saturated rings. The molecule has 0 saturated carbocycles. The summed E-state index contributed by atoms with van der Waals surface area (Å²) in [5, 5.41) is 7.05. The Labute approximate surface area is 152 Å². The number of nitrogens with zero attached hydrogens (tertiary/aromatic N) is 4. The third-order valence-corrected chi connectivity index (χ3v) is 4.52. The lowest BCUT2D eigenvalue weighted by molar-refractivity contribution is -0.138. The highest BCUT2D eigenvalue weighted by atomic mass is 16.5. The van der Waals surface area contributed by atoms with Crippen molar-refractivity contribution in [2.45, 2.75) is 19.4 Å². The lowest BCUT2D eigenvalue weighted by Crippen LogP contribution is -2.46. The second-order valence-electron chi connectivity index (χ2n) is 6.29. The van der Waals surface area contributed by atoms with Gasteiger partial charge < -0.3 is 15.0 Å². The molecule has 1 saturated heterocycles. The largest absolute Gasteiger partial charge is 0.383 e. The minimum atomic E-state index is -0.168. The van der Waals surface area contributed by atoms with Crippen LogP contribution in [-0.4, -0.2) is 58.3 Å². The molecule has 1 aliphatic rings. The third kappa shape index (κ3) is 4.45. The molecule has 2 amide bonds. The molecule has 26 heavy (non-hydrogen) atoms. The number of carbonyl (C=O) groups excluding carboxylic acids is 2. The summed E-state index contributed by atoms with van der Waals surface area (Å²) in [6.07, 6.45) is 4.13. The maximum Gasteiger partial charge on any atom is 0.225 e. The van der Waals surface area contributed by atoms with E-state index in [-0.39, 0.29) is 17.7 Å². The topological polar surface area (TPSA) is 89.3 Å². The normalized spacial score (nSPS) is 17.3. The van der Waals surface area contributed by atoms with Gasteiger partial charge in [0, 0.05) is 33.2 Å². The van der Waals surface area contributed by atoms with Crippen LogP contribution in [0, 0.1) is 5.92 Å². The molecule has 1 aromatic heterocycles. The van der Waals surface area contributed by atoms with Crippen LogP contribution in [0.15, 0.2) is 36.9 Å². The van der Waals surface area contributed by atoms with Gasteiger partial charge in [0.05, 0.1) is 18.2 Å². The van der Waals surface area contributed by atoms with Crippen LogP contribution in [0.25, 0.3) is 5.69 Å². The van der Waals surface area contributed by atoms with Gasteiger partial charge in [-0.1, -0.05) is 12.1 Å². The van der Waals surface area contributed by atoms with E-state index in [0.717, 1.165) is 11.3 Å². The van der Waals surface area contributed by atoms with E-state index < -0.39 is 0 Å². The minimum absolute atomic E-state index is 0.0136. The van der Waals surface area contributed by atoms with Crippen molar-refractivity contribution in [3.8, 4) is 5.69 Å². The van der Waals surface area contributed by atoms with Crippen LogP contribution in [0.5, 0.6) is 0 Å². The molecule has 2 heterocycles. The summed E-state index contributed by atoms with van der Waals surface area (Å²) < 4.78 is 6.70. The summed E-state index contributed by atoms with van der Waals surface area (Å²) in [4.78, 5) is 30.0. The van der Waals surface area contributed by atoms with Gasteiger partial charge in [-0.25, -0.2) is 9.67 Å². The molecule has 0 aliphatic carbocycles. The molecule has 1 aliphatic heterocycles. The van der Waals surface area contributed by atoms with Gasteiger partial charge in [-0.05, 0) is 24.1 Å². The monoisotopic (exact) mass is 357 g/mol. The predicted molar refractivity (Wildman–Crippen MR) is 94.4 cm³/mol. The Balaban J connectivity index is 1.51. The van der Waals surface area contributed by atoms with E-state index in [1.54, 1.807) is 23.0 Å². The number of rotatable bonds is 7. The first-order valence-electron chi connectivity index (χ1n) is 8.65. The molecule has 3 rings (SSSR count). The molecule has 8 nitrogen and oxygen atoms in total. The highest BCUT2D eigenvalue weighted by Crippen LogP contribution is 2.18. The van der Waals surface area contributed by atoms with Gasteiger partial charge in [-0.15, -0.1) is 0 Å². The first kappa shape index (κ1) is 18.1. The summed E-state index contributed by atoms with van der Waals surface area (Å²) >= 11 is 0. The second-order valence-corrected chi connectivity index (χ2v) is 6.29. The zero-order chi connectivity index (χ0) is 18.4. The zero-order valence-electron chi connectivity index (χ0n) is 14.8. The fraction of sp³-hybridized carbons (Fsp3) is 0.444. The maximum atomic E-state index is 12.4. The highest BCUT2D eigenvalue weighted by molar-refractivity contribution is 5.83. The SMILES string of the molecule is COCCN1C[C@@H](C(=O)NCc2ccc(-n3cncn3)cc2)CCC1=O. The number of aromatic nitrogens is 3. The number of methoxy groups -OCH3 is 1. The number of carbonyl (C=O) groups is 2. The van der Waals surface area contributed by atoms with Gasteiger partial charge in [-0.3, -0.25) is 9.59 Å². The molecule has 138 valence electrons. The van der Waals surface area contributed by atoms with Crippen molar-refractivity contribution < 1.29 is 14.3 Å². The molecule has 1 N–H and O–H groups in total. The Bertz CT molecular complexity index is 730. The van der Waals surface area contributed by atoms with Crippen LogP contribution in [0.2, 0.25) is 0 Å². The van der Waals surface area contributed by atoms with Crippen molar-refractivity contribution >= 4 is 11.8 Å². The first-order valence-corrected chi connectivity index (χ1v) is 8.65. The average Bonchev–Trinajstić information content (AvgIpc) is 3.20. The van der Waals surface area contributed by atoms with Crippen LogP contribution in [0.1, 0.15) is 18.4 Å². The molecular weight excluding hydrogens is 334 g/mol. The Morgan fingerprint density at radius 2 is 2.15 bits per heavy atom. The van der Waals surface area contributed by atoms with E-state index in [1.165, 1.54) is 6.33 Å². The molecular formula is C18H23N5O3. The van der Waals surface area contributed by atoms with Crippen LogP contribution in [0.3, 0.4) is 0 Å². The van der Waals surface area contributed by atoms with E-state index in [2.05, 4.69) is 15.4 Å². The van der Waals surface area contributed by atoms with Crippen molar-refractivity contribution in [3.05, 3.63) is 42.5 Å². The summed E-state index contributed by atoms with van der Waals surface area (Å²) in [5.74, 6) is -0.0888. The number of hydrogen-bond donors (Lipinski definition) is 1. The highest BCUT2D eigenvalue weighted by Gasteiger charge is 2.29. The van der Waals surface area contributed by atoms with Gasteiger partial charge in [0.15, 0.2) is 0 Å². The first-order chi connectivity index (χ1) is 12.7. The van der Waals surface area contributed by atoms with Crippen LogP contribution < -0.4 is 5.32 Å². The predicted octanol–water partition coefficient (Wildman–Crippen LogP) is 0.769. The Kier molecular flexibility index (Phi) is 5.96. The standard InChI is InChI=1S/C18H23N5O3/c1-26-9-8-22-11-15(4-7-17(22)24)18(25)20-10-14-2-5-16(6-3-14)23-13-19-12-21-23/h2-3,5-6,12-13,15H,4,7-11H2,1H3,(H,20,25)/t15-/m0/s1. The fourth-order valence-electron chi connectivity index (χ4n) is 2.99. The van der Waals surface area contributed by atoms with E-state index in [0.29, 0.717) is 39.1 Å². The third-order valence-electron chi connectivity index (χ3n) is 4.52. The molecule has 1 atom stereocenters. The number of piperidine rings is 1. The van der Waals surface area contributed by atoms with Gasteiger partial charge in [0.2, 0.25) is 11.8 Å². The molecule has 0 radical (unpaired) electrons. The fourth-order valence-corrected chi connectivity index (χ4v) is 2.99. The van der Waals surface area contributed by atoms with Crippen molar-refractivity contribution in [1.29, 1.82) is 0 Å². The van der Waals surface area contributed by atoms with Crippen LogP contribution in [0.4, 0.5) is 0 Å². The zero-order valence-corrected chi connectivity index (χ0v) is 14.8. The Morgan fingerprint density at radius 1 is 1.35 bits per heavy atom. The summed E-state index contributed by atoms with van der Waals surface area (Å²) in [5.41, 5.74) is 1.92. The molecule has 0 unspecified atom stereocenters. The lowest BCUT2D eigenvalue weighted by Gasteiger charge is -2.31. The summed E-state index contributed by atoms with van der Waals surface area (Å²) in [6.45, 7) is 1.93.